The Morgan fingerprint density at radius 2 is 2.15 bits per heavy atom. The molecular weight excluding hydrogens is 306 g/mol. The minimum Gasteiger partial charge on any atom is -0.327 e. The summed E-state index contributed by atoms with van der Waals surface area (Å²) >= 11 is 5.78. The van der Waals surface area contributed by atoms with Gasteiger partial charge in [-0.3, -0.25) is 10.1 Å². The van der Waals surface area contributed by atoms with Crippen molar-refractivity contribution in [2.75, 3.05) is 6.54 Å². The van der Waals surface area contributed by atoms with Crippen LogP contribution in [-0.4, -0.2) is 25.9 Å². The molecule has 0 saturated carbocycles. The lowest BCUT2D eigenvalue weighted by Crippen LogP contribution is -2.37. The average molecular weight is 322 g/mol. The fourth-order valence-electron chi connectivity index (χ4n) is 1.67. The van der Waals surface area contributed by atoms with Gasteiger partial charge in [0.25, 0.3) is 5.69 Å². The molecule has 9 heteroatoms. The number of rotatable bonds is 7. The van der Waals surface area contributed by atoms with Gasteiger partial charge in [0.15, 0.2) is 4.90 Å². The molecule has 112 valence electrons. The van der Waals surface area contributed by atoms with E-state index < -0.39 is 25.5 Å². The number of nitrogens with two attached hydrogens (primary N) is 1. The van der Waals surface area contributed by atoms with Crippen molar-refractivity contribution in [3.63, 3.8) is 0 Å². The fourth-order valence-corrected chi connectivity index (χ4v) is 3.46. The molecule has 0 saturated heterocycles. The van der Waals surface area contributed by atoms with Gasteiger partial charge in [0.1, 0.15) is 0 Å². The molecular formula is C11H16ClN3O4S. The van der Waals surface area contributed by atoms with Gasteiger partial charge in [-0.05, 0) is 12.5 Å². The van der Waals surface area contributed by atoms with E-state index >= 15 is 0 Å². The van der Waals surface area contributed by atoms with E-state index in [0.29, 0.717) is 6.42 Å². The summed E-state index contributed by atoms with van der Waals surface area (Å²) in [5, 5.41) is 10.7. The van der Waals surface area contributed by atoms with Gasteiger partial charge in [0.2, 0.25) is 10.0 Å². The number of nitro groups is 1. The Balaban J connectivity index is 3.07. The molecule has 0 heterocycles. The van der Waals surface area contributed by atoms with E-state index in [2.05, 4.69) is 4.72 Å². The Morgan fingerprint density at radius 3 is 2.70 bits per heavy atom. The number of nitro benzene ring substituents is 1. The van der Waals surface area contributed by atoms with Crippen LogP contribution in [0.25, 0.3) is 0 Å². The van der Waals surface area contributed by atoms with Crippen LogP contribution in [0.1, 0.15) is 19.8 Å². The molecule has 0 bridgehead atoms. The normalized spacial score (nSPS) is 13.2. The predicted octanol–water partition coefficient (Wildman–Crippen LogP) is 1.65. The molecule has 0 fully saturated rings. The molecule has 20 heavy (non-hydrogen) atoms. The van der Waals surface area contributed by atoms with E-state index in [1.165, 1.54) is 12.1 Å². The van der Waals surface area contributed by atoms with E-state index in [1.54, 1.807) is 0 Å². The Labute approximate surface area is 122 Å². The average Bonchev–Trinajstić information content (AvgIpc) is 2.36. The van der Waals surface area contributed by atoms with Gasteiger partial charge < -0.3 is 5.73 Å². The lowest BCUT2D eigenvalue weighted by Gasteiger charge is -2.12. The maximum atomic E-state index is 12.1. The fraction of sp³-hybridized carbons (Fsp3) is 0.455. The summed E-state index contributed by atoms with van der Waals surface area (Å²) in [6.07, 6.45) is 1.46. The summed E-state index contributed by atoms with van der Waals surface area (Å²) in [6, 6.07) is 3.35. The van der Waals surface area contributed by atoms with Gasteiger partial charge in [0, 0.05) is 18.7 Å². The van der Waals surface area contributed by atoms with Crippen molar-refractivity contribution in [3.8, 4) is 0 Å². The molecule has 0 unspecified atom stereocenters. The second-order valence-electron chi connectivity index (χ2n) is 4.25. The monoisotopic (exact) mass is 321 g/mol. The van der Waals surface area contributed by atoms with Crippen LogP contribution in [0.15, 0.2) is 23.1 Å². The van der Waals surface area contributed by atoms with Crippen molar-refractivity contribution >= 4 is 27.3 Å². The van der Waals surface area contributed by atoms with Crippen LogP contribution in [0.3, 0.4) is 0 Å². The first-order valence-electron chi connectivity index (χ1n) is 5.97. The van der Waals surface area contributed by atoms with Crippen molar-refractivity contribution in [1.82, 2.24) is 4.72 Å². The second kappa shape index (κ2) is 6.98. The summed E-state index contributed by atoms with van der Waals surface area (Å²) in [5.74, 6) is 0. The zero-order chi connectivity index (χ0) is 15.3. The van der Waals surface area contributed by atoms with Gasteiger partial charge in [-0.2, -0.15) is 0 Å². The molecule has 3 N–H and O–H groups in total. The highest BCUT2D eigenvalue weighted by atomic mass is 35.5. The molecule has 0 aromatic heterocycles. The van der Waals surface area contributed by atoms with Crippen LogP contribution >= 0.6 is 11.6 Å². The summed E-state index contributed by atoms with van der Waals surface area (Å²) in [5.41, 5.74) is 5.15. The number of hydrogen-bond acceptors (Lipinski definition) is 5. The standard InChI is InChI=1S/C11H16ClN3O4S/c1-2-4-8(13)7-14-20(18,19)11-9(12)5-3-6-10(11)15(16)17/h3,5-6,8,14H,2,4,7,13H2,1H3/t8-/m1/s1. The molecule has 0 aliphatic rings. The molecule has 0 aliphatic heterocycles. The van der Waals surface area contributed by atoms with Crippen LogP contribution in [0.2, 0.25) is 5.02 Å². The first-order valence-corrected chi connectivity index (χ1v) is 7.83. The molecule has 0 radical (unpaired) electrons. The summed E-state index contributed by atoms with van der Waals surface area (Å²) in [4.78, 5) is 9.57. The third-order valence-electron chi connectivity index (χ3n) is 2.61. The quantitative estimate of drug-likeness (QED) is 0.585. The highest BCUT2D eigenvalue weighted by Gasteiger charge is 2.28. The molecule has 0 aliphatic carbocycles. The van der Waals surface area contributed by atoms with Crippen molar-refractivity contribution in [2.45, 2.75) is 30.7 Å². The predicted molar refractivity (Wildman–Crippen MR) is 76.2 cm³/mol. The third kappa shape index (κ3) is 4.14. The van der Waals surface area contributed by atoms with Crippen LogP contribution in [0, 0.1) is 10.1 Å². The molecule has 1 aromatic carbocycles. The lowest BCUT2D eigenvalue weighted by molar-refractivity contribution is -0.387. The number of nitrogens with zero attached hydrogens (tertiary/aromatic N) is 1. The van der Waals surface area contributed by atoms with Crippen molar-refractivity contribution in [1.29, 1.82) is 0 Å². The second-order valence-corrected chi connectivity index (χ2v) is 6.36. The zero-order valence-electron chi connectivity index (χ0n) is 10.9. The Hall–Kier alpha value is -1.22. The van der Waals surface area contributed by atoms with Crippen LogP contribution in [0.5, 0.6) is 0 Å². The Bertz CT molecular complexity index is 591. The Kier molecular flexibility index (Phi) is 5.88. The largest absolute Gasteiger partial charge is 0.327 e. The molecule has 0 spiro atoms. The third-order valence-corrected chi connectivity index (χ3v) is 4.55. The van der Waals surface area contributed by atoms with E-state index in [1.807, 2.05) is 6.92 Å². The highest BCUT2D eigenvalue weighted by Crippen LogP contribution is 2.30. The van der Waals surface area contributed by atoms with E-state index in [4.69, 9.17) is 17.3 Å². The van der Waals surface area contributed by atoms with E-state index in [-0.39, 0.29) is 17.6 Å². The summed E-state index contributed by atoms with van der Waals surface area (Å²) in [7, 11) is -4.08. The van der Waals surface area contributed by atoms with Gasteiger partial charge >= 0.3 is 0 Å². The Morgan fingerprint density at radius 1 is 1.50 bits per heavy atom. The number of nitrogens with one attached hydrogen (secondary N) is 1. The van der Waals surface area contributed by atoms with Crippen molar-refractivity contribution < 1.29 is 13.3 Å². The molecule has 1 rings (SSSR count). The minimum atomic E-state index is -4.08. The zero-order valence-corrected chi connectivity index (χ0v) is 12.4. The number of benzene rings is 1. The number of sulfonamides is 1. The summed E-state index contributed by atoms with van der Waals surface area (Å²) in [6.45, 7) is 1.92. The van der Waals surface area contributed by atoms with Gasteiger partial charge in [-0.1, -0.05) is 31.0 Å². The van der Waals surface area contributed by atoms with Crippen molar-refractivity contribution in [2.24, 2.45) is 5.73 Å². The van der Waals surface area contributed by atoms with E-state index in [9.17, 15) is 18.5 Å². The van der Waals surface area contributed by atoms with Crippen molar-refractivity contribution in [3.05, 3.63) is 33.3 Å². The highest BCUT2D eigenvalue weighted by molar-refractivity contribution is 7.89. The molecule has 7 nitrogen and oxygen atoms in total. The maximum absolute atomic E-state index is 12.1. The topological polar surface area (TPSA) is 115 Å². The van der Waals surface area contributed by atoms with Crippen LogP contribution < -0.4 is 10.5 Å². The first-order chi connectivity index (χ1) is 9.29. The van der Waals surface area contributed by atoms with Crippen LogP contribution in [-0.2, 0) is 10.0 Å². The SMILES string of the molecule is CCC[C@@H](N)CNS(=O)(=O)c1c(Cl)cccc1[N+](=O)[O-]. The number of hydrogen-bond donors (Lipinski definition) is 2. The first kappa shape index (κ1) is 16.8. The van der Waals surface area contributed by atoms with Gasteiger partial charge in [0.05, 0.1) is 9.95 Å². The number of halogens is 1. The maximum Gasteiger partial charge on any atom is 0.290 e. The van der Waals surface area contributed by atoms with Crippen LogP contribution in [0.4, 0.5) is 5.69 Å². The van der Waals surface area contributed by atoms with Gasteiger partial charge in [-0.25, -0.2) is 13.1 Å². The smallest absolute Gasteiger partial charge is 0.290 e. The van der Waals surface area contributed by atoms with E-state index in [0.717, 1.165) is 12.5 Å². The molecule has 1 aromatic rings. The molecule has 1 atom stereocenters. The van der Waals surface area contributed by atoms with Gasteiger partial charge in [-0.15, -0.1) is 0 Å². The molecule has 0 amide bonds. The lowest BCUT2D eigenvalue weighted by atomic mass is 10.2. The summed E-state index contributed by atoms with van der Waals surface area (Å²) < 4.78 is 26.5. The minimum absolute atomic E-state index is 0.00144.